The van der Waals surface area contributed by atoms with Crippen molar-refractivity contribution in [2.75, 3.05) is 20.8 Å². The summed E-state index contributed by atoms with van der Waals surface area (Å²) in [5.41, 5.74) is 0.648. The van der Waals surface area contributed by atoms with Crippen molar-refractivity contribution in [3.8, 4) is 11.5 Å². The summed E-state index contributed by atoms with van der Waals surface area (Å²) in [4.78, 5) is 23.8. The monoisotopic (exact) mass is 395 g/mol. The van der Waals surface area contributed by atoms with Gasteiger partial charge < -0.3 is 19.5 Å². The molecule has 1 N–H and O–H groups in total. The molecule has 1 saturated carbocycles. The molecule has 1 aromatic rings. The van der Waals surface area contributed by atoms with Crippen molar-refractivity contribution in [1.29, 1.82) is 0 Å². The second kappa shape index (κ2) is 10.2. The first-order chi connectivity index (χ1) is 12.9. The molecular weight excluding hydrogens is 370 g/mol. The van der Waals surface area contributed by atoms with Gasteiger partial charge in [0.05, 0.1) is 19.2 Å². The van der Waals surface area contributed by atoms with E-state index < -0.39 is 5.97 Å². The van der Waals surface area contributed by atoms with Gasteiger partial charge in [-0.1, -0.05) is 31.4 Å². The summed E-state index contributed by atoms with van der Waals surface area (Å²) in [5.74, 6) is 0.456. The third kappa shape index (κ3) is 6.17. The quantitative estimate of drug-likeness (QED) is 0.564. The van der Waals surface area contributed by atoms with Gasteiger partial charge >= 0.3 is 5.97 Å². The van der Waals surface area contributed by atoms with Crippen LogP contribution in [-0.2, 0) is 14.3 Å². The first kappa shape index (κ1) is 21.1. The molecular formula is C20H26ClNO5. The van der Waals surface area contributed by atoms with Gasteiger partial charge in [0.2, 0.25) is 0 Å². The fraction of sp³-hybridized carbons (Fsp3) is 0.500. The summed E-state index contributed by atoms with van der Waals surface area (Å²) in [6.07, 6.45) is 7.19. The van der Waals surface area contributed by atoms with Crippen molar-refractivity contribution < 1.29 is 23.8 Å². The van der Waals surface area contributed by atoms with Crippen LogP contribution in [0.4, 0.5) is 0 Å². The number of benzene rings is 1. The summed E-state index contributed by atoms with van der Waals surface area (Å²) in [7, 11) is 3.00. The molecule has 1 fully saturated rings. The standard InChI is InChI=1S/C20H26ClNO5/c1-13-6-4-5-7-16(13)22-18(23)12-27-19(24)9-8-14-10-15(21)20(26-3)17(11-14)25-2/h8-11,13,16H,4-7,12H2,1-3H3,(H,22,23)/b9-8+/t13-,16+/m0/s1. The van der Waals surface area contributed by atoms with Gasteiger partial charge in [-0.05, 0) is 42.5 Å². The molecule has 6 nitrogen and oxygen atoms in total. The molecule has 0 bridgehead atoms. The minimum absolute atomic E-state index is 0.161. The average molecular weight is 396 g/mol. The highest BCUT2D eigenvalue weighted by atomic mass is 35.5. The first-order valence-corrected chi connectivity index (χ1v) is 9.38. The molecule has 0 aliphatic heterocycles. The molecule has 0 aromatic heterocycles. The van der Waals surface area contributed by atoms with E-state index in [1.165, 1.54) is 32.8 Å². The zero-order valence-electron chi connectivity index (χ0n) is 15.9. The molecule has 1 amide bonds. The normalized spacial score (nSPS) is 19.6. The van der Waals surface area contributed by atoms with Gasteiger partial charge in [-0.3, -0.25) is 4.79 Å². The third-order valence-corrected chi connectivity index (χ3v) is 4.95. The highest BCUT2D eigenvalue weighted by Crippen LogP contribution is 2.36. The molecule has 148 valence electrons. The van der Waals surface area contributed by atoms with Crippen molar-refractivity contribution in [1.82, 2.24) is 5.32 Å². The van der Waals surface area contributed by atoms with E-state index in [0.29, 0.717) is 28.0 Å². The average Bonchev–Trinajstić information content (AvgIpc) is 2.66. The number of halogens is 1. The van der Waals surface area contributed by atoms with Gasteiger partial charge in [-0.15, -0.1) is 0 Å². The van der Waals surface area contributed by atoms with Gasteiger partial charge in [-0.2, -0.15) is 0 Å². The molecule has 2 atom stereocenters. The largest absolute Gasteiger partial charge is 0.493 e. The number of carbonyl (C=O) groups is 2. The summed E-state index contributed by atoms with van der Waals surface area (Å²) in [6, 6.07) is 3.49. The molecule has 1 aliphatic carbocycles. The van der Waals surface area contributed by atoms with Crippen LogP contribution in [0, 0.1) is 5.92 Å². The van der Waals surface area contributed by atoms with Crippen LogP contribution in [0.2, 0.25) is 5.02 Å². The fourth-order valence-corrected chi connectivity index (χ4v) is 3.46. The lowest BCUT2D eigenvalue weighted by Crippen LogP contribution is -2.42. The van der Waals surface area contributed by atoms with Gasteiger partial charge in [0.25, 0.3) is 5.91 Å². The number of hydrogen-bond acceptors (Lipinski definition) is 5. The van der Waals surface area contributed by atoms with E-state index in [0.717, 1.165) is 19.3 Å². The molecule has 0 spiro atoms. The lowest BCUT2D eigenvalue weighted by Gasteiger charge is -2.29. The summed E-state index contributed by atoms with van der Waals surface area (Å²) in [5, 5.41) is 3.31. The van der Waals surface area contributed by atoms with Gasteiger partial charge in [0.15, 0.2) is 18.1 Å². The molecule has 0 radical (unpaired) electrons. The van der Waals surface area contributed by atoms with E-state index in [2.05, 4.69) is 12.2 Å². The molecule has 0 saturated heterocycles. The minimum atomic E-state index is -0.604. The highest BCUT2D eigenvalue weighted by molar-refractivity contribution is 6.32. The molecule has 0 unspecified atom stereocenters. The second-order valence-corrected chi connectivity index (χ2v) is 7.02. The maximum atomic E-state index is 12.0. The van der Waals surface area contributed by atoms with E-state index in [4.69, 9.17) is 25.8 Å². The van der Waals surface area contributed by atoms with Crippen LogP contribution in [0.25, 0.3) is 6.08 Å². The Morgan fingerprint density at radius 3 is 2.63 bits per heavy atom. The Kier molecular flexibility index (Phi) is 7.98. The van der Waals surface area contributed by atoms with Crippen molar-refractivity contribution >= 4 is 29.6 Å². The van der Waals surface area contributed by atoms with E-state index in [1.807, 2.05) is 0 Å². The van der Waals surface area contributed by atoms with Crippen LogP contribution in [0.15, 0.2) is 18.2 Å². The third-order valence-electron chi connectivity index (χ3n) is 4.67. The minimum Gasteiger partial charge on any atom is -0.493 e. The summed E-state index contributed by atoms with van der Waals surface area (Å²) in [6.45, 7) is 1.84. The van der Waals surface area contributed by atoms with Gasteiger partial charge in [0.1, 0.15) is 0 Å². The number of nitrogens with one attached hydrogen (secondary N) is 1. The van der Waals surface area contributed by atoms with Crippen molar-refractivity contribution in [2.45, 2.75) is 38.6 Å². The smallest absolute Gasteiger partial charge is 0.331 e. The van der Waals surface area contributed by atoms with Crippen molar-refractivity contribution in [2.24, 2.45) is 5.92 Å². The van der Waals surface area contributed by atoms with Gasteiger partial charge in [0, 0.05) is 12.1 Å². The molecule has 1 aromatic carbocycles. The molecule has 2 rings (SSSR count). The van der Waals surface area contributed by atoms with Crippen LogP contribution >= 0.6 is 11.6 Å². The van der Waals surface area contributed by atoms with Crippen LogP contribution in [0.5, 0.6) is 11.5 Å². The lowest BCUT2D eigenvalue weighted by atomic mass is 9.86. The zero-order valence-corrected chi connectivity index (χ0v) is 16.7. The van der Waals surface area contributed by atoms with E-state index >= 15 is 0 Å². The van der Waals surface area contributed by atoms with Crippen LogP contribution in [-0.4, -0.2) is 38.7 Å². The number of amides is 1. The number of hydrogen-bond donors (Lipinski definition) is 1. The number of esters is 1. The summed E-state index contributed by atoms with van der Waals surface area (Å²) >= 11 is 6.13. The fourth-order valence-electron chi connectivity index (χ4n) is 3.16. The maximum Gasteiger partial charge on any atom is 0.331 e. The Hall–Kier alpha value is -2.21. The van der Waals surface area contributed by atoms with Crippen LogP contribution in [0.3, 0.4) is 0 Å². The Morgan fingerprint density at radius 1 is 1.22 bits per heavy atom. The van der Waals surface area contributed by atoms with E-state index in [1.54, 1.807) is 12.1 Å². The topological polar surface area (TPSA) is 73.9 Å². The van der Waals surface area contributed by atoms with E-state index in [-0.39, 0.29) is 18.6 Å². The Balaban J connectivity index is 1.86. The Morgan fingerprint density at radius 2 is 1.96 bits per heavy atom. The number of rotatable bonds is 7. The predicted molar refractivity (Wildman–Crippen MR) is 104 cm³/mol. The molecule has 1 aliphatic rings. The highest BCUT2D eigenvalue weighted by Gasteiger charge is 2.22. The number of carbonyl (C=O) groups excluding carboxylic acids is 2. The first-order valence-electron chi connectivity index (χ1n) is 9.00. The SMILES string of the molecule is COc1cc(/C=C/C(=O)OCC(=O)N[C@@H]2CCCC[C@@H]2C)cc(Cl)c1OC. The summed E-state index contributed by atoms with van der Waals surface area (Å²) < 4.78 is 15.4. The molecule has 27 heavy (non-hydrogen) atoms. The zero-order chi connectivity index (χ0) is 19.8. The predicted octanol–water partition coefficient (Wildman–Crippen LogP) is 3.61. The maximum absolute atomic E-state index is 12.0. The molecule has 0 heterocycles. The second-order valence-electron chi connectivity index (χ2n) is 6.62. The Labute approximate surface area is 164 Å². The number of methoxy groups -OCH3 is 2. The molecule has 7 heteroatoms. The van der Waals surface area contributed by atoms with Crippen LogP contribution in [0.1, 0.15) is 38.2 Å². The Bertz CT molecular complexity index is 704. The lowest BCUT2D eigenvalue weighted by molar-refractivity contribution is -0.144. The van der Waals surface area contributed by atoms with E-state index in [9.17, 15) is 9.59 Å². The number of ether oxygens (including phenoxy) is 3. The van der Waals surface area contributed by atoms with Crippen molar-refractivity contribution in [3.63, 3.8) is 0 Å². The van der Waals surface area contributed by atoms with Crippen LogP contribution < -0.4 is 14.8 Å². The van der Waals surface area contributed by atoms with Gasteiger partial charge in [-0.25, -0.2) is 4.79 Å². The van der Waals surface area contributed by atoms with Crippen molar-refractivity contribution in [3.05, 3.63) is 28.8 Å².